The topological polar surface area (TPSA) is 78.4 Å². The number of amides is 2. The Bertz CT molecular complexity index is 490. The van der Waals surface area contributed by atoms with Crippen LogP contribution in [0.15, 0.2) is 18.2 Å². The Morgan fingerprint density at radius 1 is 1.26 bits per heavy atom. The third-order valence-electron chi connectivity index (χ3n) is 2.51. The molecule has 0 spiro atoms. The van der Waals surface area contributed by atoms with Gasteiger partial charge in [0, 0.05) is 12.2 Å². The number of hydrogen-bond donors (Lipinski definition) is 3. The van der Waals surface area contributed by atoms with Crippen molar-refractivity contribution in [1.82, 2.24) is 5.32 Å². The van der Waals surface area contributed by atoms with Crippen molar-refractivity contribution in [2.75, 3.05) is 11.9 Å². The van der Waals surface area contributed by atoms with Gasteiger partial charge in [-0.2, -0.15) is 0 Å². The Morgan fingerprint density at radius 2 is 1.89 bits per heavy atom. The largest absolute Gasteiger partial charge is 0.478 e. The molecule has 1 rings (SSSR count). The van der Waals surface area contributed by atoms with Crippen molar-refractivity contribution >= 4 is 17.7 Å². The first-order valence-corrected chi connectivity index (χ1v) is 6.08. The zero-order chi connectivity index (χ0) is 14.6. The van der Waals surface area contributed by atoms with Crippen molar-refractivity contribution in [3.8, 4) is 0 Å². The van der Waals surface area contributed by atoms with E-state index in [4.69, 9.17) is 5.11 Å². The van der Waals surface area contributed by atoms with E-state index >= 15 is 0 Å². The Balaban J connectivity index is 2.73. The summed E-state index contributed by atoms with van der Waals surface area (Å²) in [7, 11) is 0. The Morgan fingerprint density at radius 3 is 2.42 bits per heavy atom. The molecule has 0 aliphatic rings. The van der Waals surface area contributed by atoms with E-state index in [0.717, 1.165) is 5.56 Å². The molecule has 0 atom stereocenters. The fraction of sp³-hybridized carbons (Fsp3) is 0.429. The lowest BCUT2D eigenvalue weighted by atomic mass is 9.97. The molecule has 3 N–H and O–H groups in total. The summed E-state index contributed by atoms with van der Waals surface area (Å²) in [5.74, 6) is -1.02. The van der Waals surface area contributed by atoms with Crippen LogP contribution in [0.5, 0.6) is 0 Å². The number of carbonyl (C=O) groups is 2. The molecule has 5 heteroatoms. The highest BCUT2D eigenvalue weighted by Gasteiger charge is 2.13. The number of nitrogens with one attached hydrogen (secondary N) is 2. The van der Waals surface area contributed by atoms with Crippen molar-refractivity contribution in [2.24, 2.45) is 5.41 Å². The summed E-state index contributed by atoms with van der Waals surface area (Å²) >= 11 is 0. The number of hydrogen-bond acceptors (Lipinski definition) is 2. The Hall–Kier alpha value is -2.04. The smallest absolute Gasteiger partial charge is 0.335 e. The van der Waals surface area contributed by atoms with E-state index in [1.807, 2.05) is 27.7 Å². The molecule has 19 heavy (non-hydrogen) atoms. The Labute approximate surface area is 113 Å². The van der Waals surface area contributed by atoms with Crippen LogP contribution in [0.1, 0.15) is 36.7 Å². The van der Waals surface area contributed by atoms with E-state index < -0.39 is 5.97 Å². The minimum atomic E-state index is -1.02. The number of anilines is 1. The first-order chi connectivity index (χ1) is 8.69. The molecule has 0 saturated heterocycles. The molecule has 1 aromatic carbocycles. The van der Waals surface area contributed by atoms with E-state index in [-0.39, 0.29) is 17.0 Å². The SMILES string of the molecule is Cc1ccc(C(=O)O)cc1NC(=O)NCC(C)(C)C. The monoisotopic (exact) mass is 264 g/mol. The molecule has 0 bridgehead atoms. The van der Waals surface area contributed by atoms with Crippen LogP contribution in [0.25, 0.3) is 0 Å². The van der Waals surface area contributed by atoms with Crippen LogP contribution in [-0.2, 0) is 0 Å². The maximum absolute atomic E-state index is 11.7. The van der Waals surface area contributed by atoms with Gasteiger partial charge < -0.3 is 15.7 Å². The summed E-state index contributed by atoms with van der Waals surface area (Å²) in [6.07, 6.45) is 0. The number of benzene rings is 1. The van der Waals surface area contributed by atoms with Gasteiger partial charge in [0.25, 0.3) is 0 Å². The van der Waals surface area contributed by atoms with Crippen LogP contribution in [0.4, 0.5) is 10.5 Å². The molecule has 0 aliphatic heterocycles. The molecule has 0 unspecified atom stereocenters. The van der Waals surface area contributed by atoms with Crippen LogP contribution in [-0.4, -0.2) is 23.7 Å². The number of aromatic carboxylic acids is 1. The van der Waals surface area contributed by atoms with Crippen molar-refractivity contribution in [2.45, 2.75) is 27.7 Å². The third kappa shape index (κ3) is 4.99. The standard InChI is InChI=1S/C14H20N2O3/c1-9-5-6-10(12(17)18)7-11(9)16-13(19)15-8-14(2,3)4/h5-7H,8H2,1-4H3,(H,17,18)(H2,15,16,19). The van der Waals surface area contributed by atoms with Gasteiger partial charge >= 0.3 is 12.0 Å². The minimum Gasteiger partial charge on any atom is -0.478 e. The van der Waals surface area contributed by atoms with Gasteiger partial charge in [-0.3, -0.25) is 0 Å². The number of carboxylic acids is 1. The van der Waals surface area contributed by atoms with Crippen molar-refractivity contribution in [3.05, 3.63) is 29.3 Å². The highest BCUT2D eigenvalue weighted by atomic mass is 16.4. The predicted octanol–water partition coefficient (Wildman–Crippen LogP) is 2.86. The molecule has 5 nitrogen and oxygen atoms in total. The molecule has 104 valence electrons. The van der Waals surface area contributed by atoms with Gasteiger partial charge in [-0.25, -0.2) is 9.59 Å². The lowest BCUT2D eigenvalue weighted by molar-refractivity contribution is 0.0697. The number of urea groups is 1. The maximum Gasteiger partial charge on any atom is 0.335 e. The van der Waals surface area contributed by atoms with Gasteiger partial charge in [0.05, 0.1) is 5.56 Å². The van der Waals surface area contributed by atoms with Crippen LogP contribution in [0.3, 0.4) is 0 Å². The molecule has 0 radical (unpaired) electrons. The van der Waals surface area contributed by atoms with E-state index in [1.54, 1.807) is 6.07 Å². The van der Waals surface area contributed by atoms with Crippen molar-refractivity contribution < 1.29 is 14.7 Å². The maximum atomic E-state index is 11.7. The molecule has 1 aromatic rings. The second-order valence-electron chi connectivity index (χ2n) is 5.70. The van der Waals surface area contributed by atoms with Crippen LogP contribution in [0.2, 0.25) is 0 Å². The molecular formula is C14H20N2O3. The van der Waals surface area contributed by atoms with E-state index in [9.17, 15) is 9.59 Å². The number of aryl methyl sites for hydroxylation is 1. The zero-order valence-electron chi connectivity index (χ0n) is 11.7. The fourth-order valence-electron chi connectivity index (χ4n) is 1.40. The highest BCUT2D eigenvalue weighted by Crippen LogP contribution is 2.17. The van der Waals surface area contributed by atoms with Gasteiger partial charge in [0.1, 0.15) is 0 Å². The predicted molar refractivity (Wildman–Crippen MR) is 74.6 cm³/mol. The first-order valence-electron chi connectivity index (χ1n) is 6.08. The van der Waals surface area contributed by atoms with Gasteiger partial charge in [-0.1, -0.05) is 26.8 Å². The van der Waals surface area contributed by atoms with Crippen molar-refractivity contribution in [1.29, 1.82) is 0 Å². The second-order valence-corrected chi connectivity index (χ2v) is 5.70. The first kappa shape index (κ1) is 15.0. The molecule has 2 amide bonds. The van der Waals surface area contributed by atoms with Gasteiger partial charge in [-0.05, 0) is 30.0 Å². The average molecular weight is 264 g/mol. The summed E-state index contributed by atoms with van der Waals surface area (Å²) in [5, 5.41) is 14.3. The lowest BCUT2D eigenvalue weighted by Gasteiger charge is -2.19. The van der Waals surface area contributed by atoms with Crippen LogP contribution < -0.4 is 10.6 Å². The minimum absolute atomic E-state index is 0.00467. The van der Waals surface area contributed by atoms with E-state index in [1.165, 1.54) is 12.1 Å². The molecule has 0 heterocycles. The van der Waals surface area contributed by atoms with E-state index in [0.29, 0.717) is 12.2 Å². The number of carbonyl (C=O) groups excluding carboxylic acids is 1. The molecular weight excluding hydrogens is 244 g/mol. The fourth-order valence-corrected chi connectivity index (χ4v) is 1.40. The summed E-state index contributed by atoms with van der Waals surface area (Å²) < 4.78 is 0. The summed E-state index contributed by atoms with van der Waals surface area (Å²) in [6, 6.07) is 4.30. The van der Waals surface area contributed by atoms with Gasteiger partial charge in [0.15, 0.2) is 0 Å². The number of carboxylic acid groups (broad SMARTS) is 1. The zero-order valence-corrected chi connectivity index (χ0v) is 11.7. The van der Waals surface area contributed by atoms with Crippen molar-refractivity contribution in [3.63, 3.8) is 0 Å². The second kappa shape index (κ2) is 5.73. The summed E-state index contributed by atoms with van der Waals surface area (Å²) in [5.41, 5.74) is 1.47. The number of rotatable bonds is 3. The molecule has 0 aliphatic carbocycles. The van der Waals surface area contributed by atoms with Gasteiger partial charge in [-0.15, -0.1) is 0 Å². The normalized spacial score (nSPS) is 10.9. The average Bonchev–Trinajstić information content (AvgIpc) is 2.28. The highest BCUT2D eigenvalue weighted by molar-refractivity contribution is 5.93. The quantitative estimate of drug-likeness (QED) is 0.785. The van der Waals surface area contributed by atoms with E-state index in [2.05, 4.69) is 10.6 Å². The summed E-state index contributed by atoms with van der Waals surface area (Å²) in [4.78, 5) is 22.6. The van der Waals surface area contributed by atoms with Gasteiger partial charge in [0.2, 0.25) is 0 Å². The third-order valence-corrected chi connectivity index (χ3v) is 2.51. The molecule has 0 fully saturated rings. The molecule has 0 aromatic heterocycles. The summed E-state index contributed by atoms with van der Waals surface area (Å²) in [6.45, 7) is 8.40. The lowest BCUT2D eigenvalue weighted by Crippen LogP contribution is -2.35. The molecule has 0 saturated carbocycles. The van der Waals surface area contributed by atoms with Crippen LogP contribution in [0, 0.1) is 12.3 Å². The van der Waals surface area contributed by atoms with Crippen LogP contribution >= 0.6 is 0 Å². The Kier molecular flexibility index (Phi) is 4.53.